The molecule has 6 nitrogen and oxygen atoms in total. The summed E-state index contributed by atoms with van der Waals surface area (Å²) in [6.45, 7) is 6.53. The highest BCUT2D eigenvalue weighted by atomic mass is 16.6. The van der Waals surface area contributed by atoms with E-state index in [0.717, 1.165) is 109 Å². The summed E-state index contributed by atoms with van der Waals surface area (Å²) in [7, 11) is 0. The van der Waals surface area contributed by atoms with Gasteiger partial charge in [-0.15, -0.1) is 0 Å². The average molecular weight is 1060 g/mol. The first-order valence-electron chi connectivity index (χ1n) is 33.3. The van der Waals surface area contributed by atoms with Crippen molar-refractivity contribution in [2.45, 2.75) is 354 Å². The van der Waals surface area contributed by atoms with Crippen LogP contribution in [-0.2, 0) is 28.6 Å². The van der Waals surface area contributed by atoms with Gasteiger partial charge in [0.2, 0.25) is 0 Å². The molecule has 0 amide bonds. The van der Waals surface area contributed by atoms with Gasteiger partial charge in [0.25, 0.3) is 0 Å². The Morgan fingerprint density at radius 1 is 0.276 bits per heavy atom. The molecular formula is C70H126O6. The Morgan fingerprint density at radius 3 is 0.803 bits per heavy atom. The van der Waals surface area contributed by atoms with E-state index in [1.165, 1.54) is 199 Å². The lowest BCUT2D eigenvalue weighted by atomic mass is 10.0. The van der Waals surface area contributed by atoms with Gasteiger partial charge in [-0.25, -0.2) is 0 Å². The summed E-state index contributed by atoms with van der Waals surface area (Å²) in [6, 6.07) is 0. The van der Waals surface area contributed by atoms with Crippen LogP contribution in [0.2, 0.25) is 0 Å². The summed E-state index contributed by atoms with van der Waals surface area (Å²) in [6.07, 6.45) is 82.7. The number of allylic oxidation sites excluding steroid dienone is 10. The Balaban J connectivity index is 4.11. The van der Waals surface area contributed by atoms with Crippen molar-refractivity contribution < 1.29 is 28.6 Å². The highest BCUT2D eigenvalue weighted by Gasteiger charge is 2.19. The number of esters is 3. The summed E-state index contributed by atoms with van der Waals surface area (Å²) >= 11 is 0. The first-order valence-corrected chi connectivity index (χ1v) is 33.3. The highest BCUT2D eigenvalue weighted by molar-refractivity contribution is 5.71. The van der Waals surface area contributed by atoms with Crippen molar-refractivity contribution in [1.82, 2.24) is 0 Å². The standard InChI is InChI=1S/C70H126O6/c1-4-7-10-13-16-19-21-23-25-27-29-31-32-33-34-35-36-37-38-40-41-43-45-47-49-51-54-57-60-63-69(72)75-66-67(65-74-68(71)62-59-56-53-18-15-12-9-6-3)76-70(73)64-61-58-55-52-50-48-46-44-42-39-30-28-26-24-22-20-17-14-11-8-5-2/h8,11,17,20,24,26,30,39,44,46,67H,4-7,9-10,12-16,18-19,21-23,25,27-29,31-38,40-43,45,47-66H2,1-3H3/b11-8-,20-17-,26-24-,39-30-,46-44-. The van der Waals surface area contributed by atoms with Gasteiger partial charge in [0, 0.05) is 19.3 Å². The maximum atomic E-state index is 12.9. The molecule has 1 unspecified atom stereocenters. The molecule has 0 aromatic heterocycles. The number of carbonyl (C=O) groups excluding carboxylic acids is 3. The zero-order chi connectivity index (χ0) is 55.0. The summed E-state index contributed by atoms with van der Waals surface area (Å²) in [5.74, 6) is -0.884. The Morgan fingerprint density at radius 2 is 0.513 bits per heavy atom. The molecule has 1 atom stereocenters. The van der Waals surface area contributed by atoms with Crippen LogP contribution >= 0.6 is 0 Å². The number of unbranched alkanes of at least 4 members (excludes halogenated alkanes) is 40. The van der Waals surface area contributed by atoms with Crippen LogP contribution in [0.3, 0.4) is 0 Å². The third kappa shape index (κ3) is 62.0. The van der Waals surface area contributed by atoms with E-state index in [1.54, 1.807) is 0 Å². The second kappa shape index (κ2) is 64.6. The molecule has 6 heteroatoms. The topological polar surface area (TPSA) is 78.9 Å². The van der Waals surface area contributed by atoms with Crippen LogP contribution < -0.4 is 0 Å². The van der Waals surface area contributed by atoms with Crippen LogP contribution in [0, 0.1) is 0 Å². The quantitative estimate of drug-likeness (QED) is 0.0261. The van der Waals surface area contributed by atoms with Crippen molar-refractivity contribution in [2.24, 2.45) is 0 Å². The van der Waals surface area contributed by atoms with Crippen LogP contribution in [0.5, 0.6) is 0 Å². The first kappa shape index (κ1) is 73.1. The lowest BCUT2D eigenvalue weighted by Crippen LogP contribution is -2.30. The van der Waals surface area contributed by atoms with E-state index in [2.05, 4.69) is 81.5 Å². The molecular weight excluding hydrogens is 937 g/mol. The minimum atomic E-state index is -0.782. The highest BCUT2D eigenvalue weighted by Crippen LogP contribution is 2.18. The smallest absolute Gasteiger partial charge is 0.306 e. The van der Waals surface area contributed by atoms with E-state index in [9.17, 15) is 14.4 Å². The number of rotatable bonds is 61. The second-order valence-corrected chi connectivity index (χ2v) is 22.4. The Kier molecular flexibility index (Phi) is 62.2. The predicted octanol–water partition coefficient (Wildman–Crippen LogP) is 22.7. The van der Waals surface area contributed by atoms with Gasteiger partial charge >= 0.3 is 17.9 Å². The summed E-state index contributed by atoms with van der Waals surface area (Å²) in [5.41, 5.74) is 0. The predicted molar refractivity (Wildman–Crippen MR) is 330 cm³/mol. The fourth-order valence-electron chi connectivity index (χ4n) is 9.83. The van der Waals surface area contributed by atoms with Gasteiger partial charge in [0.1, 0.15) is 13.2 Å². The van der Waals surface area contributed by atoms with E-state index in [4.69, 9.17) is 14.2 Å². The fourth-order valence-corrected chi connectivity index (χ4v) is 9.83. The third-order valence-electron chi connectivity index (χ3n) is 14.8. The molecule has 0 bridgehead atoms. The zero-order valence-electron chi connectivity index (χ0n) is 50.8. The van der Waals surface area contributed by atoms with Gasteiger partial charge < -0.3 is 14.2 Å². The molecule has 0 aliphatic carbocycles. The van der Waals surface area contributed by atoms with Crippen LogP contribution in [0.1, 0.15) is 348 Å². The number of ether oxygens (including phenoxy) is 3. The van der Waals surface area contributed by atoms with E-state index < -0.39 is 6.10 Å². The minimum Gasteiger partial charge on any atom is -0.462 e. The molecule has 0 fully saturated rings. The molecule has 0 saturated carbocycles. The van der Waals surface area contributed by atoms with Crippen LogP contribution in [-0.4, -0.2) is 37.2 Å². The molecule has 0 heterocycles. The monoisotopic (exact) mass is 1060 g/mol. The number of hydrogen-bond acceptors (Lipinski definition) is 6. The minimum absolute atomic E-state index is 0.0784. The van der Waals surface area contributed by atoms with E-state index in [0.29, 0.717) is 19.3 Å². The van der Waals surface area contributed by atoms with E-state index >= 15 is 0 Å². The maximum Gasteiger partial charge on any atom is 0.306 e. The third-order valence-corrected chi connectivity index (χ3v) is 14.8. The first-order chi connectivity index (χ1) is 37.5. The lowest BCUT2D eigenvalue weighted by Gasteiger charge is -2.18. The van der Waals surface area contributed by atoms with Gasteiger partial charge in [-0.3, -0.25) is 14.4 Å². The van der Waals surface area contributed by atoms with Gasteiger partial charge in [-0.05, 0) is 64.2 Å². The molecule has 0 aromatic carbocycles. The number of hydrogen-bond donors (Lipinski definition) is 0. The average Bonchev–Trinajstić information content (AvgIpc) is 3.42. The van der Waals surface area contributed by atoms with Crippen LogP contribution in [0.15, 0.2) is 60.8 Å². The SMILES string of the molecule is CC/C=C\C/C=C\C/C=C\C/C=C\C/C=C\CCCCCCCC(=O)OC(COC(=O)CCCCCCCCCC)COC(=O)CCCCCCCCCCCCCCCCCCCCCCCCCCCCCCC. The van der Waals surface area contributed by atoms with Gasteiger partial charge in [0.05, 0.1) is 0 Å². The zero-order valence-corrected chi connectivity index (χ0v) is 50.8. The molecule has 0 radical (unpaired) electrons. The van der Waals surface area contributed by atoms with Crippen molar-refractivity contribution in [1.29, 1.82) is 0 Å². The van der Waals surface area contributed by atoms with E-state index in [1.807, 2.05) is 0 Å². The Bertz CT molecular complexity index is 1360. The molecule has 0 aliphatic heterocycles. The molecule has 0 N–H and O–H groups in total. The van der Waals surface area contributed by atoms with Gasteiger partial charge in [-0.2, -0.15) is 0 Å². The van der Waals surface area contributed by atoms with Crippen molar-refractivity contribution in [3.63, 3.8) is 0 Å². The van der Waals surface area contributed by atoms with Crippen LogP contribution in [0.4, 0.5) is 0 Å². The fraction of sp³-hybridized carbons (Fsp3) is 0.814. The lowest BCUT2D eigenvalue weighted by molar-refractivity contribution is -0.167. The molecule has 0 saturated heterocycles. The molecule has 0 spiro atoms. The number of carbonyl (C=O) groups is 3. The normalized spacial score (nSPS) is 12.4. The van der Waals surface area contributed by atoms with Gasteiger partial charge in [-0.1, -0.05) is 326 Å². The van der Waals surface area contributed by atoms with Crippen molar-refractivity contribution in [3.05, 3.63) is 60.8 Å². The van der Waals surface area contributed by atoms with Crippen molar-refractivity contribution >= 4 is 17.9 Å². The van der Waals surface area contributed by atoms with Gasteiger partial charge in [0.15, 0.2) is 6.10 Å². The van der Waals surface area contributed by atoms with Crippen LogP contribution in [0.25, 0.3) is 0 Å². The molecule has 442 valence electrons. The summed E-state index contributed by atoms with van der Waals surface area (Å²) in [4.78, 5) is 38.1. The Hall–Kier alpha value is -2.89. The van der Waals surface area contributed by atoms with Crippen molar-refractivity contribution in [2.75, 3.05) is 13.2 Å². The molecule has 0 rings (SSSR count). The molecule has 0 aliphatic rings. The summed E-state index contributed by atoms with van der Waals surface area (Å²) in [5, 5.41) is 0. The Labute approximate surface area is 472 Å². The summed E-state index contributed by atoms with van der Waals surface area (Å²) < 4.78 is 16.9. The van der Waals surface area contributed by atoms with Crippen molar-refractivity contribution in [3.8, 4) is 0 Å². The maximum absolute atomic E-state index is 12.9. The largest absolute Gasteiger partial charge is 0.462 e. The second-order valence-electron chi connectivity index (χ2n) is 22.4. The molecule has 0 aromatic rings. The van der Waals surface area contributed by atoms with E-state index in [-0.39, 0.29) is 31.1 Å². The molecule has 76 heavy (non-hydrogen) atoms.